The molecular weight excluding hydrogens is 233 g/mol. The lowest BCUT2D eigenvalue weighted by Gasteiger charge is -2.19. The highest BCUT2D eigenvalue weighted by molar-refractivity contribution is 6.30. The van der Waals surface area contributed by atoms with Crippen molar-refractivity contribution in [1.82, 2.24) is 4.90 Å². The molecule has 0 fully saturated rings. The van der Waals surface area contributed by atoms with Crippen LogP contribution in [0.4, 0.5) is 0 Å². The lowest BCUT2D eigenvalue weighted by molar-refractivity contribution is 0.0774. The second kappa shape index (κ2) is 5.99. The van der Waals surface area contributed by atoms with Crippen molar-refractivity contribution in [2.45, 2.75) is 6.92 Å². The van der Waals surface area contributed by atoms with Crippen LogP contribution in [-0.2, 0) is 0 Å². The highest BCUT2D eigenvalue weighted by atomic mass is 35.5. The van der Waals surface area contributed by atoms with Crippen molar-refractivity contribution in [3.05, 3.63) is 34.9 Å². The van der Waals surface area contributed by atoms with Crippen LogP contribution < -0.4 is 0 Å². The smallest absolute Gasteiger partial charge is 0.253 e. The zero-order valence-corrected chi connectivity index (χ0v) is 10.1. The number of alkyl halides is 1. The average molecular weight is 246 g/mol. The van der Waals surface area contributed by atoms with Gasteiger partial charge in [-0.15, -0.1) is 11.6 Å². The molecule has 0 saturated carbocycles. The summed E-state index contributed by atoms with van der Waals surface area (Å²) in [5.41, 5.74) is 0.606. The molecular formula is C11H13Cl2NO. The van der Waals surface area contributed by atoms with Gasteiger partial charge in [-0.05, 0) is 25.1 Å². The topological polar surface area (TPSA) is 20.3 Å². The van der Waals surface area contributed by atoms with Gasteiger partial charge in [0.15, 0.2) is 0 Å². The predicted molar refractivity (Wildman–Crippen MR) is 63.7 cm³/mol. The number of carbonyl (C=O) groups is 1. The molecule has 1 rings (SSSR count). The Hall–Kier alpha value is -0.730. The van der Waals surface area contributed by atoms with Crippen molar-refractivity contribution < 1.29 is 4.79 Å². The maximum Gasteiger partial charge on any atom is 0.253 e. The first-order valence-corrected chi connectivity index (χ1v) is 5.71. The minimum absolute atomic E-state index is 0.0272. The van der Waals surface area contributed by atoms with Gasteiger partial charge in [0, 0.05) is 29.6 Å². The molecule has 0 aliphatic carbocycles. The Morgan fingerprint density at radius 2 is 2.20 bits per heavy atom. The Balaban J connectivity index is 2.82. The fourth-order valence-electron chi connectivity index (χ4n) is 1.31. The quantitative estimate of drug-likeness (QED) is 0.748. The Kier molecular flexibility index (Phi) is 4.92. The third kappa shape index (κ3) is 3.40. The summed E-state index contributed by atoms with van der Waals surface area (Å²) in [4.78, 5) is 13.6. The Labute approximate surface area is 99.8 Å². The van der Waals surface area contributed by atoms with E-state index in [4.69, 9.17) is 23.2 Å². The van der Waals surface area contributed by atoms with Crippen LogP contribution in [0.2, 0.25) is 5.02 Å². The summed E-state index contributed by atoms with van der Waals surface area (Å²) in [6, 6.07) is 6.94. The second-order valence-electron chi connectivity index (χ2n) is 3.08. The van der Waals surface area contributed by atoms with E-state index in [0.29, 0.717) is 29.6 Å². The molecule has 1 aromatic carbocycles. The standard InChI is InChI=1S/C11H13Cl2NO/c1-2-14(7-6-12)11(15)9-4-3-5-10(13)8-9/h3-5,8H,2,6-7H2,1H3. The molecule has 0 heterocycles. The van der Waals surface area contributed by atoms with Crippen LogP contribution in [0, 0.1) is 0 Å². The molecule has 0 aliphatic rings. The number of rotatable bonds is 4. The van der Waals surface area contributed by atoms with Gasteiger partial charge < -0.3 is 4.90 Å². The Bertz CT molecular complexity index is 341. The Morgan fingerprint density at radius 1 is 1.47 bits per heavy atom. The van der Waals surface area contributed by atoms with E-state index in [1.807, 2.05) is 6.92 Å². The highest BCUT2D eigenvalue weighted by Gasteiger charge is 2.13. The summed E-state index contributed by atoms with van der Waals surface area (Å²) in [7, 11) is 0. The second-order valence-corrected chi connectivity index (χ2v) is 3.90. The zero-order chi connectivity index (χ0) is 11.3. The highest BCUT2D eigenvalue weighted by Crippen LogP contribution is 2.12. The molecule has 2 nitrogen and oxygen atoms in total. The van der Waals surface area contributed by atoms with Crippen molar-refractivity contribution in [3.63, 3.8) is 0 Å². The van der Waals surface area contributed by atoms with Gasteiger partial charge in [0.2, 0.25) is 0 Å². The van der Waals surface area contributed by atoms with Gasteiger partial charge >= 0.3 is 0 Å². The molecule has 1 aromatic rings. The molecule has 0 bridgehead atoms. The average Bonchev–Trinajstić information content (AvgIpc) is 2.25. The van der Waals surface area contributed by atoms with Crippen LogP contribution in [0.5, 0.6) is 0 Å². The summed E-state index contributed by atoms with van der Waals surface area (Å²) < 4.78 is 0. The molecule has 0 spiro atoms. The first kappa shape index (κ1) is 12.3. The Morgan fingerprint density at radius 3 is 2.73 bits per heavy atom. The van der Waals surface area contributed by atoms with Gasteiger partial charge in [-0.3, -0.25) is 4.79 Å². The van der Waals surface area contributed by atoms with E-state index in [2.05, 4.69) is 0 Å². The fraction of sp³-hybridized carbons (Fsp3) is 0.364. The first-order chi connectivity index (χ1) is 7.19. The molecule has 0 radical (unpaired) electrons. The number of amides is 1. The number of hydrogen-bond acceptors (Lipinski definition) is 1. The number of carbonyl (C=O) groups excluding carboxylic acids is 1. The predicted octanol–water partition coefficient (Wildman–Crippen LogP) is 3.04. The van der Waals surface area contributed by atoms with Gasteiger partial charge in [-0.2, -0.15) is 0 Å². The minimum Gasteiger partial charge on any atom is -0.338 e. The van der Waals surface area contributed by atoms with Gasteiger partial charge in [0.05, 0.1) is 0 Å². The SMILES string of the molecule is CCN(CCCl)C(=O)c1cccc(Cl)c1. The zero-order valence-electron chi connectivity index (χ0n) is 8.54. The van der Waals surface area contributed by atoms with E-state index in [0.717, 1.165) is 0 Å². The molecule has 0 aliphatic heterocycles. The van der Waals surface area contributed by atoms with Crippen LogP contribution in [0.25, 0.3) is 0 Å². The van der Waals surface area contributed by atoms with E-state index in [1.165, 1.54) is 0 Å². The maximum atomic E-state index is 11.9. The van der Waals surface area contributed by atoms with Crippen LogP contribution >= 0.6 is 23.2 Å². The molecule has 82 valence electrons. The lowest BCUT2D eigenvalue weighted by atomic mass is 10.2. The van der Waals surface area contributed by atoms with Crippen molar-refractivity contribution >= 4 is 29.1 Å². The number of nitrogens with zero attached hydrogens (tertiary/aromatic N) is 1. The third-order valence-corrected chi connectivity index (χ3v) is 2.50. The van der Waals surface area contributed by atoms with Crippen molar-refractivity contribution in [1.29, 1.82) is 0 Å². The fourth-order valence-corrected chi connectivity index (χ4v) is 1.70. The number of halogens is 2. The minimum atomic E-state index is -0.0272. The summed E-state index contributed by atoms with van der Waals surface area (Å²) in [5.74, 6) is 0.417. The van der Waals surface area contributed by atoms with Crippen molar-refractivity contribution in [2.24, 2.45) is 0 Å². The molecule has 0 atom stereocenters. The maximum absolute atomic E-state index is 11.9. The summed E-state index contributed by atoms with van der Waals surface area (Å²) in [6.45, 7) is 3.14. The first-order valence-electron chi connectivity index (χ1n) is 4.79. The third-order valence-electron chi connectivity index (χ3n) is 2.09. The van der Waals surface area contributed by atoms with E-state index >= 15 is 0 Å². The summed E-state index contributed by atoms with van der Waals surface area (Å²) in [5, 5.41) is 0.572. The molecule has 0 saturated heterocycles. The summed E-state index contributed by atoms with van der Waals surface area (Å²) in [6.07, 6.45) is 0. The molecule has 1 amide bonds. The van der Waals surface area contributed by atoms with Gasteiger partial charge in [-0.25, -0.2) is 0 Å². The van der Waals surface area contributed by atoms with Gasteiger partial charge in [0.25, 0.3) is 5.91 Å². The van der Waals surface area contributed by atoms with Crippen LogP contribution in [-0.4, -0.2) is 29.8 Å². The van der Waals surface area contributed by atoms with E-state index in [1.54, 1.807) is 29.2 Å². The normalized spacial score (nSPS) is 10.1. The van der Waals surface area contributed by atoms with Crippen molar-refractivity contribution in [2.75, 3.05) is 19.0 Å². The number of benzene rings is 1. The summed E-state index contributed by atoms with van der Waals surface area (Å²) >= 11 is 11.4. The van der Waals surface area contributed by atoms with E-state index in [9.17, 15) is 4.79 Å². The lowest BCUT2D eigenvalue weighted by Crippen LogP contribution is -2.32. The number of hydrogen-bond donors (Lipinski definition) is 0. The molecule has 0 N–H and O–H groups in total. The molecule has 15 heavy (non-hydrogen) atoms. The van der Waals surface area contributed by atoms with Crippen LogP contribution in [0.1, 0.15) is 17.3 Å². The van der Waals surface area contributed by atoms with Gasteiger partial charge in [0.1, 0.15) is 0 Å². The van der Waals surface area contributed by atoms with Gasteiger partial charge in [-0.1, -0.05) is 17.7 Å². The van der Waals surface area contributed by atoms with Crippen LogP contribution in [0.3, 0.4) is 0 Å². The largest absolute Gasteiger partial charge is 0.338 e. The monoisotopic (exact) mass is 245 g/mol. The van der Waals surface area contributed by atoms with Crippen molar-refractivity contribution in [3.8, 4) is 0 Å². The van der Waals surface area contributed by atoms with E-state index in [-0.39, 0.29) is 5.91 Å². The molecule has 0 aromatic heterocycles. The van der Waals surface area contributed by atoms with E-state index < -0.39 is 0 Å². The molecule has 0 unspecified atom stereocenters. The molecule has 4 heteroatoms. The van der Waals surface area contributed by atoms with Crippen LogP contribution in [0.15, 0.2) is 24.3 Å².